The Kier molecular flexibility index (Phi) is 4.66. The van der Waals surface area contributed by atoms with E-state index in [9.17, 15) is 9.90 Å². The Balaban J connectivity index is 2.78. The lowest BCUT2D eigenvalue weighted by atomic mass is 10.1. The third kappa shape index (κ3) is 3.88. The van der Waals surface area contributed by atoms with E-state index in [1.54, 1.807) is 12.1 Å². The Morgan fingerprint density at radius 2 is 2.18 bits per heavy atom. The van der Waals surface area contributed by atoms with Gasteiger partial charge in [-0.3, -0.25) is 4.99 Å². The van der Waals surface area contributed by atoms with Gasteiger partial charge in [-0.05, 0) is 26.2 Å². The molecule has 0 radical (unpaired) electrons. The zero-order valence-electron chi connectivity index (χ0n) is 9.92. The molecule has 1 aromatic carbocycles. The van der Waals surface area contributed by atoms with Crippen LogP contribution >= 0.6 is 0 Å². The second-order valence-corrected chi connectivity index (χ2v) is 3.89. The molecule has 0 atom stereocenters. The summed E-state index contributed by atoms with van der Waals surface area (Å²) in [4.78, 5) is 16.9. The highest BCUT2D eigenvalue weighted by Gasteiger charge is 2.11. The molecule has 0 unspecified atom stereocenters. The largest absolute Gasteiger partial charge is 0.506 e. The third-order valence-electron chi connectivity index (χ3n) is 2.20. The summed E-state index contributed by atoms with van der Waals surface area (Å²) >= 11 is 0. The first-order valence-electron chi connectivity index (χ1n) is 5.22. The molecule has 5 nitrogen and oxygen atoms in total. The monoisotopic (exact) mass is 236 g/mol. The van der Waals surface area contributed by atoms with Gasteiger partial charge in [0.05, 0.1) is 6.54 Å². The fourth-order valence-corrected chi connectivity index (χ4v) is 1.26. The highest BCUT2D eigenvalue weighted by molar-refractivity contribution is 5.95. The number of hydrogen-bond donors (Lipinski definition) is 2. The van der Waals surface area contributed by atoms with Gasteiger partial charge in [0.15, 0.2) is 0 Å². The Morgan fingerprint density at radius 3 is 2.76 bits per heavy atom. The molecule has 5 heteroatoms. The van der Waals surface area contributed by atoms with E-state index < -0.39 is 5.97 Å². The van der Waals surface area contributed by atoms with Crippen molar-refractivity contribution in [1.82, 2.24) is 4.90 Å². The van der Waals surface area contributed by atoms with Crippen LogP contribution in [0.2, 0.25) is 0 Å². The number of aliphatic imine (C=N–C) groups is 1. The Bertz CT molecular complexity index is 428. The molecular weight excluding hydrogens is 220 g/mol. The fourth-order valence-electron chi connectivity index (χ4n) is 1.26. The van der Waals surface area contributed by atoms with Crippen molar-refractivity contribution in [2.45, 2.75) is 0 Å². The van der Waals surface area contributed by atoms with Crippen molar-refractivity contribution in [3.05, 3.63) is 29.3 Å². The van der Waals surface area contributed by atoms with E-state index in [1.807, 2.05) is 19.0 Å². The molecule has 17 heavy (non-hydrogen) atoms. The first-order valence-corrected chi connectivity index (χ1v) is 5.22. The number of carboxylic acid groups (broad SMARTS) is 1. The van der Waals surface area contributed by atoms with Crippen molar-refractivity contribution in [3.63, 3.8) is 0 Å². The molecule has 0 heterocycles. The smallest absolute Gasteiger partial charge is 0.339 e. The van der Waals surface area contributed by atoms with Crippen molar-refractivity contribution in [3.8, 4) is 5.75 Å². The topological polar surface area (TPSA) is 73.1 Å². The number of phenols is 1. The minimum absolute atomic E-state index is 0.110. The molecule has 0 aliphatic rings. The van der Waals surface area contributed by atoms with Crippen LogP contribution in [-0.2, 0) is 0 Å². The maximum atomic E-state index is 10.8. The van der Waals surface area contributed by atoms with E-state index in [0.717, 1.165) is 6.54 Å². The van der Waals surface area contributed by atoms with E-state index in [1.165, 1.54) is 12.3 Å². The number of rotatable bonds is 5. The Labute approximate surface area is 100 Å². The summed E-state index contributed by atoms with van der Waals surface area (Å²) in [5.41, 5.74) is 0.310. The first-order chi connectivity index (χ1) is 8.02. The average molecular weight is 236 g/mol. The summed E-state index contributed by atoms with van der Waals surface area (Å²) in [5.74, 6) is -1.39. The number of hydrogen-bond acceptors (Lipinski definition) is 4. The average Bonchev–Trinajstić information content (AvgIpc) is 2.25. The number of carbonyl (C=O) groups is 1. The number of para-hydroxylation sites is 1. The zero-order valence-corrected chi connectivity index (χ0v) is 9.92. The van der Waals surface area contributed by atoms with Crippen LogP contribution in [0.5, 0.6) is 5.75 Å². The number of aromatic carboxylic acids is 1. The molecule has 2 N–H and O–H groups in total. The molecule has 0 spiro atoms. The van der Waals surface area contributed by atoms with E-state index in [2.05, 4.69) is 4.99 Å². The zero-order chi connectivity index (χ0) is 12.8. The van der Waals surface area contributed by atoms with Gasteiger partial charge in [-0.25, -0.2) is 4.79 Å². The van der Waals surface area contributed by atoms with Crippen molar-refractivity contribution >= 4 is 12.2 Å². The minimum Gasteiger partial charge on any atom is -0.506 e. The molecule has 0 saturated carbocycles. The maximum absolute atomic E-state index is 10.8. The molecule has 0 bridgehead atoms. The number of aromatic hydroxyl groups is 1. The number of carboxylic acids is 1. The van der Waals surface area contributed by atoms with Crippen LogP contribution < -0.4 is 0 Å². The van der Waals surface area contributed by atoms with Crippen LogP contribution in [0, 0.1) is 0 Å². The summed E-state index contributed by atoms with van der Waals surface area (Å²) in [5, 5.41) is 18.5. The normalized spacial score (nSPS) is 11.2. The number of benzene rings is 1. The minimum atomic E-state index is -1.15. The Hall–Kier alpha value is -1.88. The van der Waals surface area contributed by atoms with Crippen LogP contribution in [0.15, 0.2) is 23.2 Å². The molecule has 0 aliphatic heterocycles. The predicted octanol–water partition coefficient (Wildman–Crippen LogP) is 1.07. The van der Waals surface area contributed by atoms with Gasteiger partial charge in [0.25, 0.3) is 0 Å². The molecule has 0 saturated heterocycles. The number of likely N-dealkylation sites (N-methyl/N-ethyl adjacent to an activating group) is 1. The van der Waals surface area contributed by atoms with Crippen molar-refractivity contribution in [2.75, 3.05) is 27.2 Å². The summed E-state index contributed by atoms with van der Waals surface area (Å²) < 4.78 is 0. The molecule has 0 fully saturated rings. The van der Waals surface area contributed by atoms with Crippen LogP contribution in [0.25, 0.3) is 0 Å². The summed E-state index contributed by atoms with van der Waals surface area (Å²) in [6, 6.07) is 4.56. The SMILES string of the molecule is CN(C)CCN=Cc1cccc(C(=O)O)c1O. The van der Waals surface area contributed by atoms with Gasteiger partial charge < -0.3 is 15.1 Å². The summed E-state index contributed by atoms with van der Waals surface area (Å²) in [6.45, 7) is 1.40. The van der Waals surface area contributed by atoms with E-state index in [4.69, 9.17) is 5.11 Å². The molecule has 92 valence electrons. The van der Waals surface area contributed by atoms with E-state index in [-0.39, 0.29) is 11.3 Å². The lowest BCUT2D eigenvalue weighted by molar-refractivity contribution is 0.0693. The summed E-state index contributed by atoms with van der Waals surface area (Å²) in [7, 11) is 3.89. The quantitative estimate of drug-likeness (QED) is 0.750. The maximum Gasteiger partial charge on any atom is 0.339 e. The lowest BCUT2D eigenvalue weighted by Crippen LogP contribution is -2.15. The van der Waals surface area contributed by atoms with E-state index >= 15 is 0 Å². The predicted molar refractivity (Wildman–Crippen MR) is 66.1 cm³/mol. The van der Waals surface area contributed by atoms with Crippen LogP contribution in [0.1, 0.15) is 15.9 Å². The third-order valence-corrected chi connectivity index (χ3v) is 2.20. The second kappa shape index (κ2) is 6.00. The molecular formula is C12H16N2O3. The van der Waals surface area contributed by atoms with Gasteiger partial charge in [-0.1, -0.05) is 6.07 Å². The van der Waals surface area contributed by atoms with Crippen LogP contribution in [-0.4, -0.2) is 54.5 Å². The molecule has 1 aromatic rings. The number of nitrogens with zero attached hydrogens (tertiary/aromatic N) is 2. The van der Waals surface area contributed by atoms with E-state index in [0.29, 0.717) is 12.1 Å². The highest BCUT2D eigenvalue weighted by Crippen LogP contribution is 2.20. The van der Waals surface area contributed by atoms with Gasteiger partial charge in [-0.2, -0.15) is 0 Å². The standard InChI is InChI=1S/C12H16N2O3/c1-14(2)7-6-13-8-9-4-3-5-10(11(9)15)12(16)17/h3-5,8,15H,6-7H2,1-2H3,(H,16,17). The van der Waals surface area contributed by atoms with Crippen molar-refractivity contribution in [2.24, 2.45) is 4.99 Å². The van der Waals surface area contributed by atoms with Crippen LogP contribution in [0.3, 0.4) is 0 Å². The highest BCUT2D eigenvalue weighted by atomic mass is 16.4. The molecule has 0 amide bonds. The molecule has 0 aromatic heterocycles. The molecule has 1 rings (SSSR count). The summed E-state index contributed by atoms with van der Waals surface area (Å²) in [6.07, 6.45) is 1.49. The first kappa shape index (κ1) is 13.2. The van der Waals surface area contributed by atoms with Crippen molar-refractivity contribution < 1.29 is 15.0 Å². The second-order valence-electron chi connectivity index (χ2n) is 3.89. The van der Waals surface area contributed by atoms with Crippen molar-refractivity contribution in [1.29, 1.82) is 0 Å². The lowest BCUT2D eigenvalue weighted by Gasteiger charge is -2.06. The van der Waals surface area contributed by atoms with Gasteiger partial charge >= 0.3 is 5.97 Å². The van der Waals surface area contributed by atoms with Crippen LogP contribution in [0.4, 0.5) is 0 Å². The van der Waals surface area contributed by atoms with Gasteiger partial charge in [0, 0.05) is 18.3 Å². The fraction of sp³-hybridized carbons (Fsp3) is 0.333. The van der Waals surface area contributed by atoms with Gasteiger partial charge in [-0.15, -0.1) is 0 Å². The van der Waals surface area contributed by atoms with Gasteiger partial charge in [0.1, 0.15) is 11.3 Å². The van der Waals surface area contributed by atoms with Gasteiger partial charge in [0.2, 0.25) is 0 Å². The molecule has 0 aliphatic carbocycles. The Morgan fingerprint density at radius 1 is 1.47 bits per heavy atom.